The van der Waals surface area contributed by atoms with Crippen LogP contribution in [0.25, 0.3) is 0 Å². The number of amides is 1. The van der Waals surface area contributed by atoms with E-state index in [1.54, 1.807) is 23.2 Å². The van der Waals surface area contributed by atoms with E-state index in [9.17, 15) is 13.2 Å². The molecule has 1 aliphatic rings. The van der Waals surface area contributed by atoms with Gasteiger partial charge in [0.05, 0.1) is 11.5 Å². The Hall–Kier alpha value is -2.41. The van der Waals surface area contributed by atoms with Crippen molar-refractivity contribution >= 4 is 27.2 Å². The Bertz CT molecular complexity index is 957. The van der Waals surface area contributed by atoms with E-state index in [-0.39, 0.29) is 23.5 Å². The zero-order chi connectivity index (χ0) is 19.6. The molecule has 0 saturated carbocycles. The summed E-state index contributed by atoms with van der Waals surface area (Å²) in [4.78, 5) is 18.9. The molecule has 144 valence electrons. The molecule has 1 N–H and O–H groups in total. The highest BCUT2D eigenvalue weighted by atomic mass is 32.2. The predicted molar refractivity (Wildman–Crippen MR) is 107 cm³/mol. The Morgan fingerprint density at radius 2 is 2.00 bits per heavy atom. The molecule has 2 heterocycles. The molecule has 1 aromatic carbocycles. The predicted octanol–water partition coefficient (Wildman–Crippen LogP) is 3.09. The van der Waals surface area contributed by atoms with Crippen LogP contribution < -0.4 is 5.32 Å². The van der Waals surface area contributed by atoms with Gasteiger partial charge in [-0.25, -0.2) is 13.4 Å². The van der Waals surface area contributed by atoms with E-state index < -0.39 is 9.84 Å². The number of pyridine rings is 1. The van der Waals surface area contributed by atoms with Gasteiger partial charge in [-0.3, -0.25) is 4.79 Å². The first-order valence-corrected chi connectivity index (χ1v) is 10.9. The minimum atomic E-state index is -3.04. The maximum atomic E-state index is 13.0. The highest BCUT2D eigenvalue weighted by Gasteiger charge is 2.34. The number of carbonyl (C=O) groups excluding carboxylic acids is 1. The average molecular weight is 388 g/mol. The number of aryl methyl sites for hydroxylation is 2. The lowest BCUT2D eigenvalue weighted by Crippen LogP contribution is -2.41. The van der Waals surface area contributed by atoms with Crippen LogP contribution in [0.5, 0.6) is 0 Å². The van der Waals surface area contributed by atoms with Gasteiger partial charge in [-0.15, -0.1) is 0 Å². The number of anilines is 2. The third kappa shape index (κ3) is 4.47. The fourth-order valence-corrected chi connectivity index (χ4v) is 5.08. The molecule has 3 rings (SSSR count). The monoisotopic (exact) mass is 387 g/mol. The maximum Gasteiger partial charge on any atom is 0.254 e. The van der Waals surface area contributed by atoms with Crippen LogP contribution in [0.4, 0.5) is 11.5 Å². The number of hydrogen-bond donors (Lipinski definition) is 1. The first-order valence-electron chi connectivity index (χ1n) is 9.11. The molecule has 0 aliphatic carbocycles. The fourth-order valence-electron chi connectivity index (χ4n) is 3.35. The van der Waals surface area contributed by atoms with Gasteiger partial charge < -0.3 is 10.2 Å². The molecule has 0 bridgehead atoms. The Balaban J connectivity index is 1.79. The highest BCUT2D eigenvalue weighted by molar-refractivity contribution is 7.91. The summed E-state index contributed by atoms with van der Waals surface area (Å²) < 4.78 is 23.5. The maximum absolute atomic E-state index is 13.0. The van der Waals surface area contributed by atoms with Gasteiger partial charge in [0.2, 0.25) is 0 Å². The minimum Gasteiger partial charge on any atom is -0.340 e. The summed E-state index contributed by atoms with van der Waals surface area (Å²) in [7, 11) is -3.04. The van der Waals surface area contributed by atoms with Crippen LogP contribution >= 0.6 is 0 Å². The summed E-state index contributed by atoms with van der Waals surface area (Å²) >= 11 is 0. The van der Waals surface area contributed by atoms with E-state index in [2.05, 4.69) is 17.2 Å². The Morgan fingerprint density at radius 1 is 1.22 bits per heavy atom. The van der Waals surface area contributed by atoms with Crippen molar-refractivity contribution in [2.45, 2.75) is 33.2 Å². The van der Waals surface area contributed by atoms with Crippen molar-refractivity contribution in [2.75, 3.05) is 23.4 Å². The van der Waals surface area contributed by atoms with Gasteiger partial charge in [0.15, 0.2) is 9.84 Å². The van der Waals surface area contributed by atoms with Crippen LogP contribution in [0, 0.1) is 13.8 Å². The summed E-state index contributed by atoms with van der Waals surface area (Å²) in [6, 6.07) is 9.17. The van der Waals surface area contributed by atoms with Gasteiger partial charge in [0.1, 0.15) is 5.82 Å². The average Bonchev–Trinajstić information content (AvgIpc) is 2.98. The molecule has 1 fully saturated rings. The lowest BCUT2D eigenvalue weighted by atomic mass is 10.1. The van der Waals surface area contributed by atoms with Gasteiger partial charge in [-0.2, -0.15) is 0 Å². The Morgan fingerprint density at radius 3 is 2.63 bits per heavy atom. The van der Waals surface area contributed by atoms with Crippen molar-refractivity contribution in [1.82, 2.24) is 9.88 Å². The van der Waals surface area contributed by atoms with Gasteiger partial charge in [-0.1, -0.05) is 6.07 Å². The molecule has 2 aromatic rings. The largest absolute Gasteiger partial charge is 0.340 e. The fraction of sp³-hybridized carbons (Fsp3) is 0.400. The summed E-state index contributed by atoms with van der Waals surface area (Å²) in [6.07, 6.45) is 2.09. The second-order valence-corrected chi connectivity index (χ2v) is 9.23. The molecule has 1 saturated heterocycles. The van der Waals surface area contributed by atoms with E-state index >= 15 is 0 Å². The smallest absolute Gasteiger partial charge is 0.254 e. The Labute approximate surface area is 160 Å². The normalized spacial score (nSPS) is 18.3. The quantitative estimate of drug-likeness (QED) is 0.853. The van der Waals surface area contributed by atoms with E-state index in [0.717, 1.165) is 5.69 Å². The molecule has 1 aromatic heterocycles. The molecule has 1 atom stereocenters. The standard InChI is InChI=1S/C20H25N3O3S/c1-4-23(18-8-10-27(25,26)13-18)20(24)16-7-9-21-19(12-16)22-17-6-5-14(2)15(3)11-17/h5-7,9,11-12,18H,4,8,10,13H2,1-3H3,(H,21,22). The van der Waals surface area contributed by atoms with Crippen molar-refractivity contribution in [3.8, 4) is 0 Å². The molecule has 6 nitrogen and oxygen atoms in total. The first-order chi connectivity index (χ1) is 12.8. The van der Waals surface area contributed by atoms with Crippen LogP contribution in [0.3, 0.4) is 0 Å². The SMILES string of the molecule is CCN(C(=O)c1ccnc(Nc2ccc(C)c(C)c2)c1)C1CCS(=O)(=O)C1. The minimum absolute atomic E-state index is 0.0470. The van der Waals surface area contributed by atoms with Crippen LogP contribution in [0.1, 0.15) is 34.8 Å². The summed E-state index contributed by atoms with van der Waals surface area (Å²) in [5, 5.41) is 3.23. The molecule has 0 spiro atoms. The van der Waals surface area contributed by atoms with Gasteiger partial charge in [0.25, 0.3) is 5.91 Å². The van der Waals surface area contributed by atoms with E-state index in [0.29, 0.717) is 24.3 Å². The van der Waals surface area contributed by atoms with Crippen molar-refractivity contribution in [3.63, 3.8) is 0 Å². The molecule has 1 aliphatic heterocycles. The molecule has 1 unspecified atom stereocenters. The molecular formula is C20H25N3O3S. The number of hydrogen-bond acceptors (Lipinski definition) is 5. The Kier molecular flexibility index (Phi) is 5.51. The van der Waals surface area contributed by atoms with Gasteiger partial charge in [0, 0.05) is 30.0 Å². The lowest BCUT2D eigenvalue weighted by Gasteiger charge is -2.27. The number of nitrogens with zero attached hydrogens (tertiary/aromatic N) is 2. The van der Waals surface area contributed by atoms with Crippen LogP contribution in [-0.4, -0.2) is 48.3 Å². The van der Waals surface area contributed by atoms with Crippen LogP contribution in [0.2, 0.25) is 0 Å². The van der Waals surface area contributed by atoms with Crippen LogP contribution in [0.15, 0.2) is 36.5 Å². The number of nitrogens with one attached hydrogen (secondary N) is 1. The van der Waals surface area contributed by atoms with E-state index in [1.807, 2.05) is 32.0 Å². The van der Waals surface area contributed by atoms with Gasteiger partial charge >= 0.3 is 0 Å². The summed E-state index contributed by atoms with van der Waals surface area (Å²) in [6.45, 7) is 6.45. The lowest BCUT2D eigenvalue weighted by molar-refractivity contribution is 0.0708. The van der Waals surface area contributed by atoms with Gasteiger partial charge in [-0.05, 0) is 62.6 Å². The third-order valence-corrected chi connectivity index (χ3v) is 6.79. The number of aromatic nitrogens is 1. The second-order valence-electron chi connectivity index (χ2n) is 7.00. The van der Waals surface area contributed by atoms with E-state index in [1.165, 1.54) is 11.1 Å². The topological polar surface area (TPSA) is 79.4 Å². The van der Waals surface area contributed by atoms with Crippen molar-refractivity contribution in [1.29, 1.82) is 0 Å². The number of sulfone groups is 1. The van der Waals surface area contributed by atoms with Crippen LogP contribution in [-0.2, 0) is 9.84 Å². The first kappa shape index (κ1) is 19.4. The molecule has 0 radical (unpaired) electrons. The number of benzene rings is 1. The van der Waals surface area contributed by atoms with Crippen molar-refractivity contribution < 1.29 is 13.2 Å². The molecular weight excluding hydrogens is 362 g/mol. The third-order valence-electron chi connectivity index (χ3n) is 5.04. The highest BCUT2D eigenvalue weighted by Crippen LogP contribution is 2.22. The second kappa shape index (κ2) is 7.68. The zero-order valence-corrected chi connectivity index (χ0v) is 16.7. The summed E-state index contributed by atoms with van der Waals surface area (Å²) in [5.41, 5.74) is 3.79. The summed E-state index contributed by atoms with van der Waals surface area (Å²) in [5.74, 6) is 0.618. The number of rotatable bonds is 5. The molecule has 27 heavy (non-hydrogen) atoms. The number of carbonyl (C=O) groups is 1. The van der Waals surface area contributed by atoms with E-state index in [4.69, 9.17) is 0 Å². The zero-order valence-electron chi connectivity index (χ0n) is 15.9. The molecule has 7 heteroatoms. The van der Waals surface area contributed by atoms with Crippen molar-refractivity contribution in [2.24, 2.45) is 0 Å². The molecule has 1 amide bonds. The van der Waals surface area contributed by atoms with Crippen molar-refractivity contribution in [3.05, 3.63) is 53.2 Å².